The van der Waals surface area contributed by atoms with E-state index in [4.69, 9.17) is 27.9 Å². The van der Waals surface area contributed by atoms with Crippen LogP contribution in [0.4, 0.5) is 15.8 Å². The Morgan fingerprint density at radius 3 is 2.39 bits per heavy atom. The van der Waals surface area contributed by atoms with Crippen molar-refractivity contribution in [1.82, 2.24) is 0 Å². The molecule has 0 fully saturated rings. The van der Waals surface area contributed by atoms with Crippen molar-refractivity contribution in [3.05, 3.63) is 87.7 Å². The minimum absolute atomic E-state index is 0.126. The van der Waals surface area contributed by atoms with Gasteiger partial charge in [0, 0.05) is 16.1 Å². The van der Waals surface area contributed by atoms with E-state index in [1.807, 2.05) is 0 Å². The van der Waals surface area contributed by atoms with E-state index in [0.717, 1.165) is 10.6 Å². The lowest BCUT2D eigenvalue weighted by Gasteiger charge is -2.24. The van der Waals surface area contributed by atoms with E-state index in [1.54, 1.807) is 37.3 Å². The highest BCUT2D eigenvalue weighted by molar-refractivity contribution is 7.92. The van der Waals surface area contributed by atoms with Gasteiger partial charge in [0.1, 0.15) is 11.6 Å². The Kier molecular flexibility index (Phi) is 7.84. The Bertz CT molecular complexity index is 1270. The predicted octanol–water partition coefficient (Wildman–Crippen LogP) is 5.75. The van der Waals surface area contributed by atoms with Crippen molar-refractivity contribution in [2.24, 2.45) is 0 Å². The molecule has 10 heteroatoms. The molecule has 0 aliphatic carbocycles. The summed E-state index contributed by atoms with van der Waals surface area (Å²) in [5, 5.41) is 3.42. The standard InChI is InChI=1S/C23H21Cl2FN2O4S/c1-3-32-22-11-4-15(23(29)27-21-13-17(24)5-10-20(21)25)12-16(22)14-28(33(2,30)31)19-8-6-18(26)7-9-19/h4-13H,3,14H2,1-2H3,(H,27,29). The normalized spacial score (nSPS) is 11.2. The number of ether oxygens (including phenoxy) is 1. The van der Waals surface area contributed by atoms with Crippen LogP contribution in [0.25, 0.3) is 0 Å². The van der Waals surface area contributed by atoms with E-state index in [1.165, 1.54) is 30.3 Å². The van der Waals surface area contributed by atoms with E-state index in [0.29, 0.717) is 33.7 Å². The van der Waals surface area contributed by atoms with Gasteiger partial charge in [-0.25, -0.2) is 12.8 Å². The molecule has 3 aromatic carbocycles. The molecule has 0 atom stereocenters. The molecular weight excluding hydrogens is 490 g/mol. The lowest BCUT2D eigenvalue weighted by atomic mass is 10.1. The van der Waals surface area contributed by atoms with Crippen LogP contribution in [0.1, 0.15) is 22.8 Å². The summed E-state index contributed by atoms with van der Waals surface area (Å²) in [4.78, 5) is 12.9. The molecule has 174 valence electrons. The van der Waals surface area contributed by atoms with E-state index >= 15 is 0 Å². The third-order valence-corrected chi connectivity index (χ3v) is 6.33. The Hall–Kier alpha value is -2.81. The molecule has 0 unspecified atom stereocenters. The van der Waals surface area contributed by atoms with Crippen LogP contribution in [0.5, 0.6) is 5.75 Å². The Balaban J connectivity index is 1.97. The number of carbonyl (C=O) groups excluding carboxylic acids is 1. The molecule has 0 radical (unpaired) electrons. The molecule has 0 spiro atoms. The van der Waals surface area contributed by atoms with Gasteiger partial charge in [-0.15, -0.1) is 0 Å². The van der Waals surface area contributed by atoms with Gasteiger partial charge in [0.05, 0.1) is 35.8 Å². The minimum atomic E-state index is -3.73. The SMILES string of the molecule is CCOc1ccc(C(=O)Nc2cc(Cl)ccc2Cl)cc1CN(c1ccc(F)cc1)S(C)(=O)=O. The zero-order chi connectivity index (χ0) is 24.2. The quantitative estimate of drug-likeness (QED) is 0.418. The molecule has 0 bridgehead atoms. The van der Waals surface area contributed by atoms with Gasteiger partial charge in [0.25, 0.3) is 5.91 Å². The highest BCUT2D eigenvalue weighted by atomic mass is 35.5. The first kappa shape index (κ1) is 24.8. The maximum atomic E-state index is 13.4. The molecule has 3 aromatic rings. The summed E-state index contributed by atoms with van der Waals surface area (Å²) in [5.41, 5.74) is 1.34. The monoisotopic (exact) mass is 510 g/mol. The van der Waals surface area contributed by atoms with Crippen LogP contribution in [0.15, 0.2) is 60.7 Å². The molecule has 0 aromatic heterocycles. The van der Waals surface area contributed by atoms with Gasteiger partial charge < -0.3 is 10.1 Å². The maximum Gasteiger partial charge on any atom is 0.255 e. The van der Waals surface area contributed by atoms with E-state index in [2.05, 4.69) is 5.32 Å². The first-order valence-electron chi connectivity index (χ1n) is 9.84. The summed E-state index contributed by atoms with van der Waals surface area (Å²) in [6.07, 6.45) is 1.05. The largest absolute Gasteiger partial charge is 0.494 e. The first-order valence-corrected chi connectivity index (χ1v) is 12.4. The number of halogens is 3. The lowest BCUT2D eigenvalue weighted by Crippen LogP contribution is -2.29. The lowest BCUT2D eigenvalue weighted by molar-refractivity contribution is 0.102. The third kappa shape index (κ3) is 6.37. The molecule has 0 aliphatic heterocycles. The van der Waals surface area contributed by atoms with Crippen molar-refractivity contribution in [3.8, 4) is 5.75 Å². The van der Waals surface area contributed by atoms with Crippen LogP contribution < -0.4 is 14.4 Å². The van der Waals surface area contributed by atoms with Crippen molar-refractivity contribution in [2.45, 2.75) is 13.5 Å². The van der Waals surface area contributed by atoms with Crippen LogP contribution in [0, 0.1) is 5.82 Å². The summed E-state index contributed by atoms with van der Waals surface area (Å²) in [7, 11) is -3.73. The Morgan fingerprint density at radius 2 is 1.76 bits per heavy atom. The van der Waals surface area contributed by atoms with Crippen molar-refractivity contribution < 1.29 is 22.3 Å². The van der Waals surface area contributed by atoms with Crippen LogP contribution in [-0.4, -0.2) is 27.2 Å². The van der Waals surface area contributed by atoms with Crippen LogP contribution >= 0.6 is 23.2 Å². The molecule has 6 nitrogen and oxygen atoms in total. The molecule has 1 N–H and O–H groups in total. The number of hydrogen-bond donors (Lipinski definition) is 1. The summed E-state index contributed by atoms with van der Waals surface area (Å²) in [6.45, 7) is 2.00. The second kappa shape index (κ2) is 10.4. The van der Waals surface area contributed by atoms with Crippen LogP contribution in [-0.2, 0) is 16.6 Å². The molecule has 33 heavy (non-hydrogen) atoms. The third-order valence-electron chi connectivity index (χ3n) is 4.63. The fourth-order valence-electron chi connectivity index (χ4n) is 3.09. The average Bonchev–Trinajstić information content (AvgIpc) is 2.75. The molecule has 0 heterocycles. The van der Waals surface area contributed by atoms with Gasteiger partial charge in [0.15, 0.2) is 0 Å². The highest BCUT2D eigenvalue weighted by Crippen LogP contribution is 2.29. The van der Waals surface area contributed by atoms with Crippen molar-refractivity contribution >= 4 is 50.5 Å². The van der Waals surface area contributed by atoms with Crippen LogP contribution in [0.2, 0.25) is 10.0 Å². The van der Waals surface area contributed by atoms with Gasteiger partial charge in [-0.2, -0.15) is 0 Å². The van der Waals surface area contributed by atoms with Crippen molar-refractivity contribution in [3.63, 3.8) is 0 Å². The first-order chi connectivity index (χ1) is 15.6. The Morgan fingerprint density at radius 1 is 1.06 bits per heavy atom. The van der Waals surface area contributed by atoms with E-state index in [9.17, 15) is 17.6 Å². The average molecular weight is 511 g/mol. The minimum Gasteiger partial charge on any atom is -0.494 e. The fraction of sp³-hybridized carbons (Fsp3) is 0.174. The maximum absolute atomic E-state index is 13.4. The molecule has 1 amide bonds. The fourth-order valence-corrected chi connectivity index (χ4v) is 4.31. The highest BCUT2D eigenvalue weighted by Gasteiger charge is 2.21. The number of carbonyl (C=O) groups is 1. The number of nitrogens with one attached hydrogen (secondary N) is 1. The number of hydrogen-bond acceptors (Lipinski definition) is 4. The van der Waals surface area contributed by atoms with Crippen molar-refractivity contribution in [2.75, 3.05) is 22.5 Å². The number of sulfonamides is 1. The van der Waals surface area contributed by atoms with Gasteiger partial charge in [-0.3, -0.25) is 9.10 Å². The number of rotatable bonds is 8. The topological polar surface area (TPSA) is 75.7 Å². The van der Waals surface area contributed by atoms with Gasteiger partial charge in [0.2, 0.25) is 10.0 Å². The van der Waals surface area contributed by atoms with Crippen molar-refractivity contribution in [1.29, 1.82) is 0 Å². The zero-order valence-corrected chi connectivity index (χ0v) is 20.1. The van der Waals surface area contributed by atoms with E-state index in [-0.39, 0.29) is 17.8 Å². The van der Waals surface area contributed by atoms with Crippen LogP contribution in [0.3, 0.4) is 0 Å². The second-order valence-corrected chi connectivity index (χ2v) is 9.83. The van der Waals surface area contributed by atoms with Gasteiger partial charge in [-0.05, 0) is 67.6 Å². The number of nitrogens with zero attached hydrogens (tertiary/aromatic N) is 1. The number of benzene rings is 3. The predicted molar refractivity (Wildman–Crippen MR) is 129 cm³/mol. The zero-order valence-electron chi connectivity index (χ0n) is 17.8. The van der Waals surface area contributed by atoms with E-state index < -0.39 is 21.7 Å². The molecule has 0 aliphatic rings. The van der Waals surface area contributed by atoms with Gasteiger partial charge in [-0.1, -0.05) is 23.2 Å². The van der Waals surface area contributed by atoms with Gasteiger partial charge >= 0.3 is 0 Å². The Labute approximate surface area is 201 Å². The molecule has 0 saturated carbocycles. The summed E-state index contributed by atoms with van der Waals surface area (Å²) in [6, 6.07) is 14.5. The number of anilines is 2. The summed E-state index contributed by atoms with van der Waals surface area (Å²) >= 11 is 12.1. The molecule has 0 saturated heterocycles. The second-order valence-electron chi connectivity index (χ2n) is 7.08. The summed E-state index contributed by atoms with van der Waals surface area (Å²) < 4.78 is 45.1. The number of amides is 1. The molecule has 3 rings (SSSR count). The smallest absolute Gasteiger partial charge is 0.255 e. The molecular formula is C23H21Cl2FN2O4S. The summed E-state index contributed by atoms with van der Waals surface area (Å²) in [5.74, 6) is -0.526.